The van der Waals surface area contributed by atoms with Crippen LogP contribution in [0, 0.1) is 0 Å². The molecular formula is C13H3BrClF9N2O. The van der Waals surface area contributed by atoms with E-state index in [4.69, 9.17) is 11.6 Å². The predicted molar refractivity (Wildman–Crippen MR) is 77.6 cm³/mol. The molecule has 148 valence electrons. The van der Waals surface area contributed by atoms with Crippen molar-refractivity contribution in [1.29, 1.82) is 0 Å². The minimum Gasteiger partial charge on any atom is -0.268 e. The van der Waals surface area contributed by atoms with Crippen LogP contribution in [0.1, 0.15) is 16.8 Å². The smallest absolute Gasteiger partial charge is 0.268 e. The number of benzene rings is 1. The van der Waals surface area contributed by atoms with Crippen molar-refractivity contribution in [2.75, 3.05) is 0 Å². The van der Waals surface area contributed by atoms with E-state index in [0.717, 1.165) is 0 Å². The van der Waals surface area contributed by atoms with E-state index < -0.39 is 56.1 Å². The van der Waals surface area contributed by atoms with Gasteiger partial charge in [-0.3, -0.25) is 9.36 Å². The van der Waals surface area contributed by atoms with Gasteiger partial charge in [0.1, 0.15) is 10.8 Å². The molecule has 0 amide bonds. The molecule has 0 bridgehead atoms. The fourth-order valence-electron chi connectivity index (χ4n) is 2.01. The Bertz CT molecular complexity index is 947. The summed E-state index contributed by atoms with van der Waals surface area (Å²) in [7, 11) is 0. The maximum atomic E-state index is 13.2. The quantitative estimate of drug-likeness (QED) is 0.482. The molecule has 14 heteroatoms. The van der Waals surface area contributed by atoms with Gasteiger partial charge < -0.3 is 0 Å². The molecule has 3 nitrogen and oxygen atoms in total. The Labute approximate surface area is 156 Å². The highest BCUT2D eigenvalue weighted by molar-refractivity contribution is 9.10. The van der Waals surface area contributed by atoms with Crippen molar-refractivity contribution in [2.45, 2.75) is 18.5 Å². The first-order chi connectivity index (χ1) is 12.0. The van der Waals surface area contributed by atoms with E-state index in [1.54, 1.807) is 0 Å². The summed E-state index contributed by atoms with van der Waals surface area (Å²) < 4.78 is 115. The average Bonchev–Trinajstić information content (AvgIpc) is 2.46. The SMILES string of the molecule is O=c1c(Br)c(C(F)(F)F)ncn1-c1c(Cl)cc(C(F)(F)F)cc1C(F)(F)F. The van der Waals surface area contributed by atoms with Crippen LogP contribution in [-0.4, -0.2) is 9.55 Å². The number of hydrogen-bond acceptors (Lipinski definition) is 2. The summed E-state index contributed by atoms with van der Waals surface area (Å²) in [6.45, 7) is 0. The topological polar surface area (TPSA) is 34.9 Å². The van der Waals surface area contributed by atoms with Gasteiger partial charge in [-0.2, -0.15) is 39.5 Å². The Balaban J connectivity index is 2.88. The molecule has 0 fully saturated rings. The van der Waals surface area contributed by atoms with E-state index in [2.05, 4.69) is 20.9 Å². The normalized spacial score (nSPS) is 13.1. The number of alkyl halides is 9. The first-order valence-corrected chi connectivity index (χ1v) is 7.55. The van der Waals surface area contributed by atoms with Gasteiger partial charge in [0.15, 0.2) is 5.69 Å². The summed E-state index contributed by atoms with van der Waals surface area (Å²) in [6.07, 6.45) is -15.6. The highest BCUT2D eigenvalue weighted by Crippen LogP contribution is 2.42. The molecule has 0 saturated carbocycles. The highest BCUT2D eigenvalue weighted by atomic mass is 79.9. The Kier molecular flexibility index (Phi) is 5.34. The van der Waals surface area contributed by atoms with Gasteiger partial charge in [0.2, 0.25) is 0 Å². The summed E-state index contributed by atoms with van der Waals surface area (Å²) in [6, 6.07) is -0.191. The minimum atomic E-state index is -5.41. The monoisotopic (exact) mass is 488 g/mol. The van der Waals surface area contributed by atoms with E-state index in [1.165, 1.54) is 0 Å². The molecule has 27 heavy (non-hydrogen) atoms. The van der Waals surface area contributed by atoms with E-state index >= 15 is 0 Å². The summed E-state index contributed by atoms with van der Waals surface area (Å²) in [5, 5.41) is -1.16. The molecular weight excluding hydrogens is 486 g/mol. The van der Waals surface area contributed by atoms with Gasteiger partial charge in [-0.15, -0.1) is 0 Å². The summed E-state index contributed by atoms with van der Waals surface area (Å²) >= 11 is 7.80. The van der Waals surface area contributed by atoms with Crippen molar-refractivity contribution < 1.29 is 39.5 Å². The molecule has 0 atom stereocenters. The van der Waals surface area contributed by atoms with Crippen molar-refractivity contribution in [2.24, 2.45) is 0 Å². The van der Waals surface area contributed by atoms with Gasteiger partial charge in [0, 0.05) is 0 Å². The molecule has 1 aromatic heterocycles. The molecule has 0 aliphatic carbocycles. The van der Waals surface area contributed by atoms with Gasteiger partial charge in [-0.1, -0.05) is 11.6 Å². The van der Waals surface area contributed by atoms with Crippen LogP contribution in [0.25, 0.3) is 5.69 Å². The number of halogens is 11. The lowest BCUT2D eigenvalue weighted by molar-refractivity contribution is -0.144. The van der Waals surface area contributed by atoms with Gasteiger partial charge >= 0.3 is 18.5 Å². The highest BCUT2D eigenvalue weighted by Gasteiger charge is 2.41. The molecule has 1 heterocycles. The summed E-state index contributed by atoms with van der Waals surface area (Å²) in [4.78, 5) is 14.9. The molecule has 0 aliphatic rings. The van der Waals surface area contributed by atoms with Crippen LogP contribution < -0.4 is 5.56 Å². The summed E-state index contributed by atoms with van der Waals surface area (Å²) in [5.41, 5.74) is -8.39. The van der Waals surface area contributed by atoms with E-state index in [-0.39, 0.29) is 23.0 Å². The van der Waals surface area contributed by atoms with Gasteiger partial charge in [-0.25, -0.2) is 4.98 Å². The lowest BCUT2D eigenvalue weighted by atomic mass is 10.1. The van der Waals surface area contributed by atoms with Crippen molar-refractivity contribution in [3.63, 3.8) is 0 Å². The van der Waals surface area contributed by atoms with E-state index in [0.29, 0.717) is 0 Å². The van der Waals surface area contributed by atoms with E-state index in [1.807, 2.05) is 0 Å². The number of rotatable bonds is 1. The third-order valence-electron chi connectivity index (χ3n) is 3.12. The van der Waals surface area contributed by atoms with Gasteiger partial charge in [-0.05, 0) is 28.1 Å². The van der Waals surface area contributed by atoms with Crippen LogP contribution >= 0.6 is 27.5 Å². The number of nitrogens with zero attached hydrogens (tertiary/aromatic N) is 2. The second-order valence-electron chi connectivity index (χ2n) is 4.93. The molecule has 0 unspecified atom stereocenters. The largest absolute Gasteiger partial charge is 0.434 e. The molecule has 0 radical (unpaired) electrons. The minimum absolute atomic E-state index is 0.0232. The lowest BCUT2D eigenvalue weighted by Gasteiger charge is -2.19. The van der Waals surface area contributed by atoms with Crippen LogP contribution in [0.4, 0.5) is 39.5 Å². The third-order valence-corrected chi connectivity index (χ3v) is 4.13. The Morgan fingerprint density at radius 3 is 1.93 bits per heavy atom. The zero-order chi connectivity index (χ0) is 20.9. The first-order valence-electron chi connectivity index (χ1n) is 6.37. The Morgan fingerprint density at radius 2 is 1.48 bits per heavy atom. The van der Waals surface area contributed by atoms with Crippen LogP contribution in [0.15, 0.2) is 27.7 Å². The van der Waals surface area contributed by atoms with Crippen molar-refractivity contribution in [3.05, 3.63) is 55.1 Å². The van der Waals surface area contributed by atoms with Crippen LogP contribution in [-0.2, 0) is 18.5 Å². The van der Waals surface area contributed by atoms with Crippen LogP contribution in [0.3, 0.4) is 0 Å². The van der Waals surface area contributed by atoms with Crippen molar-refractivity contribution >= 4 is 27.5 Å². The second-order valence-corrected chi connectivity index (χ2v) is 6.13. The first kappa shape index (κ1) is 21.5. The van der Waals surface area contributed by atoms with Crippen LogP contribution in [0.2, 0.25) is 5.02 Å². The number of hydrogen-bond donors (Lipinski definition) is 0. The van der Waals surface area contributed by atoms with Gasteiger partial charge in [0.25, 0.3) is 5.56 Å². The summed E-state index contributed by atoms with van der Waals surface area (Å²) in [5.74, 6) is 0. The predicted octanol–water partition coefficient (Wildman–Crippen LogP) is 5.70. The molecule has 1 aromatic carbocycles. The Morgan fingerprint density at radius 1 is 0.926 bits per heavy atom. The maximum absolute atomic E-state index is 13.2. The Hall–Kier alpha value is -1.76. The van der Waals surface area contributed by atoms with Crippen LogP contribution in [0.5, 0.6) is 0 Å². The van der Waals surface area contributed by atoms with Gasteiger partial charge in [0.05, 0.1) is 21.8 Å². The van der Waals surface area contributed by atoms with Crippen molar-refractivity contribution in [3.8, 4) is 5.69 Å². The maximum Gasteiger partial charge on any atom is 0.434 e. The molecule has 2 rings (SSSR count). The molecule has 0 aliphatic heterocycles. The fraction of sp³-hybridized carbons (Fsp3) is 0.231. The zero-order valence-electron chi connectivity index (χ0n) is 12.2. The number of aromatic nitrogens is 2. The third kappa shape index (κ3) is 4.23. The molecule has 2 aromatic rings. The fourth-order valence-corrected chi connectivity index (χ4v) is 2.84. The molecule has 0 spiro atoms. The average molecular weight is 490 g/mol. The zero-order valence-corrected chi connectivity index (χ0v) is 14.5. The molecule has 0 saturated heterocycles. The molecule has 0 N–H and O–H groups in total. The van der Waals surface area contributed by atoms with E-state index in [9.17, 15) is 44.3 Å². The lowest BCUT2D eigenvalue weighted by Crippen LogP contribution is -2.27. The second kappa shape index (κ2) is 6.69. The standard InChI is InChI=1S/C13H3BrClF9N2O/c14-7-9(13(22,23)24)25-3-26(10(7)27)8-5(12(19,20)21)1-4(2-6(8)15)11(16,17)18/h1-3H. The van der Waals surface area contributed by atoms with Crippen molar-refractivity contribution in [1.82, 2.24) is 9.55 Å².